The molecule has 100 valence electrons. The summed E-state index contributed by atoms with van der Waals surface area (Å²) >= 11 is 0. The van der Waals surface area contributed by atoms with Gasteiger partial charge >= 0.3 is 0 Å². The van der Waals surface area contributed by atoms with Crippen molar-refractivity contribution in [2.45, 2.75) is 25.3 Å². The van der Waals surface area contributed by atoms with E-state index in [4.69, 9.17) is 9.84 Å². The van der Waals surface area contributed by atoms with Crippen molar-refractivity contribution in [2.24, 2.45) is 0 Å². The van der Waals surface area contributed by atoms with Crippen molar-refractivity contribution in [2.75, 3.05) is 20.3 Å². The maximum absolute atomic E-state index is 11.7. The van der Waals surface area contributed by atoms with Gasteiger partial charge in [0.2, 0.25) is 5.91 Å². The molecule has 0 aliphatic heterocycles. The molecule has 0 fully saturated rings. The van der Waals surface area contributed by atoms with Gasteiger partial charge in [0.25, 0.3) is 0 Å². The molecule has 0 aliphatic rings. The SMILES string of the molecule is COCCC(CO)NC(=O)CCc1ccccc1. The third-order valence-corrected chi connectivity index (χ3v) is 2.74. The Morgan fingerprint density at radius 2 is 2.11 bits per heavy atom. The largest absolute Gasteiger partial charge is 0.394 e. The lowest BCUT2D eigenvalue weighted by atomic mass is 10.1. The van der Waals surface area contributed by atoms with Crippen LogP contribution in [0.1, 0.15) is 18.4 Å². The first kappa shape index (κ1) is 14.7. The van der Waals surface area contributed by atoms with Crippen LogP contribution in [-0.4, -0.2) is 37.4 Å². The van der Waals surface area contributed by atoms with Crippen molar-refractivity contribution >= 4 is 5.91 Å². The minimum atomic E-state index is -0.215. The smallest absolute Gasteiger partial charge is 0.220 e. The molecule has 1 aromatic rings. The summed E-state index contributed by atoms with van der Waals surface area (Å²) in [6.45, 7) is 0.477. The first-order valence-corrected chi connectivity index (χ1v) is 6.19. The summed E-state index contributed by atoms with van der Waals surface area (Å²) < 4.78 is 4.92. The number of hydrogen-bond donors (Lipinski definition) is 2. The van der Waals surface area contributed by atoms with Gasteiger partial charge in [0, 0.05) is 20.1 Å². The van der Waals surface area contributed by atoms with E-state index in [0.717, 1.165) is 12.0 Å². The number of aliphatic hydroxyl groups is 1. The van der Waals surface area contributed by atoms with E-state index in [2.05, 4.69) is 5.32 Å². The van der Waals surface area contributed by atoms with E-state index in [-0.39, 0.29) is 18.6 Å². The maximum atomic E-state index is 11.7. The first-order valence-electron chi connectivity index (χ1n) is 6.19. The molecule has 0 spiro atoms. The van der Waals surface area contributed by atoms with Gasteiger partial charge in [-0.1, -0.05) is 30.3 Å². The maximum Gasteiger partial charge on any atom is 0.220 e. The van der Waals surface area contributed by atoms with E-state index in [1.165, 1.54) is 0 Å². The highest BCUT2D eigenvalue weighted by molar-refractivity contribution is 5.76. The highest BCUT2D eigenvalue weighted by Crippen LogP contribution is 2.02. The first-order chi connectivity index (χ1) is 8.76. The molecular weight excluding hydrogens is 230 g/mol. The third-order valence-electron chi connectivity index (χ3n) is 2.74. The molecule has 0 saturated heterocycles. The predicted octanol–water partition coefficient (Wildman–Crippen LogP) is 1.13. The van der Waals surface area contributed by atoms with E-state index in [1.54, 1.807) is 7.11 Å². The van der Waals surface area contributed by atoms with Gasteiger partial charge in [0.05, 0.1) is 12.6 Å². The molecule has 0 radical (unpaired) electrons. The Morgan fingerprint density at radius 1 is 1.39 bits per heavy atom. The number of aliphatic hydroxyl groups excluding tert-OH is 1. The summed E-state index contributed by atoms with van der Waals surface area (Å²) in [5, 5.41) is 11.9. The van der Waals surface area contributed by atoms with Crippen LogP contribution >= 0.6 is 0 Å². The molecular formula is C14H21NO3. The number of aryl methyl sites for hydroxylation is 1. The number of ether oxygens (including phenoxy) is 1. The van der Waals surface area contributed by atoms with Gasteiger partial charge in [-0.3, -0.25) is 4.79 Å². The van der Waals surface area contributed by atoms with E-state index in [9.17, 15) is 4.79 Å². The van der Waals surface area contributed by atoms with Crippen LogP contribution in [-0.2, 0) is 16.0 Å². The fourth-order valence-corrected chi connectivity index (χ4v) is 1.67. The van der Waals surface area contributed by atoms with Crippen LogP contribution in [0.15, 0.2) is 30.3 Å². The second-order valence-electron chi connectivity index (χ2n) is 4.21. The van der Waals surface area contributed by atoms with E-state index < -0.39 is 0 Å². The van der Waals surface area contributed by atoms with Crippen molar-refractivity contribution < 1.29 is 14.6 Å². The van der Waals surface area contributed by atoms with Crippen molar-refractivity contribution in [3.05, 3.63) is 35.9 Å². The molecule has 1 atom stereocenters. The molecule has 0 aliphatic carbocycles. The lowest BCUT2D eigenvalue weighted by molar-refractivity contribution is -0.122. The van der Waals surface area contributed by atoms with Crippen molar-refractivity contribution in [3.63, 3.8) is 0 Å². The molecule has 0 aromatic heterocycles. The van der Waals surface area contributed by atoms with Gasteiger partial charge in [-0.25, -0.2) is 0 Å². The van der Waals surface area contributed by atoms with Gasteiger partial charge in [-0.05, 0) is 18.4 Å². The van der Waals surface area contributed by atoms with Gasteiger partial charge in [-0.15, -0.1) is 0 Å². The average molecular weight is 251 g/mol. The van der Waals surface area contributed by atoms with E-state index in [1.807, 2.05) is 30.3 Å². The minimum absolute atomic E-state index is 0.0333. The molecule has 0 heterocycles. The fourth-order valence-electron chi connectivity index (χ4n) is 1.67. The number of benzene rings is 1. The van der Waals surface area contributed by atoms with Crippen LogP contribution in [0.5, 0.6) is 0 Å². The molecule has 2 N–H and O–H groups in total. The quantitative estimate of drug-likeness (QED) is 0.728. The van der Waals surface area contributed by atoms with Crippen LogP contribution < -0.4 is 5.32 Å². The fraction of sp³-hybridized carbons (Fsp3) is 0.500. The van der Waals surface area contributed by atoms with Gasteiger partial charge in [0.1, 0.15) is 0 Å². The Balaban J connectivity index is 2.28. The zero-order valence-corrected chi connectivity index (χ0v) is 10.8. The van der Waals surface area contributed by atoms with Crippen LogP contribution in [0.3, 0.4) is 0 Å². The van der Waals surface area contributed by atoms with Crippen molar-refractivity contribution in [1.29, 1.82) is 0 Å². The van der Waals surface area contributed by atoms with Crippen LogP contribution in [0, 0.1) is 0 Å². The minimum Gasteiger partial charge on any atom is -0.394 e. The topological polar surface area (TPSA) is 58.6 Å². The summed E-state index contributed by atoms with van der Waals surface area (Å²) in [5.74, 6) is -0.0333. The number of amides is 1. The van der Waals surface area contributed by atoms with Crippen molar-refractivity contribution in [1.82, 2.24) is 5.32 Å². The second-order valence-corrected chi connectivity index (χ2v) is 4.21. The highest BCUT2D eigenvalue weighted by atomic mass is 16.5. The Morgan fingerprint density at radius 3 is 2.72 bits per heavy atom. The zero-order chi connectivity index (χ0) is 13.2. The van der Waals surface area contributed by atoms with Crippen LogP contribution in [0.4, 0.5) is 0 Å². The summed E-state index contributed by atoms with van der Waals surface area (Å²) in [6, 6.07) is 9.66. The number of carbonyl (C=O) groups is 1. The summed E-state index contributed by atoms with van der Waals surface area (Å²) in [5.41, 5.74) is 1.14. The number of methoxy groups -OCH3 is 1. The van der Waals surface area contributed by atoms with Gasteiger partial charge in [-0.2, -0.15) is 0 Å². The molecule has 1 aromatic carbocycles. The Hall–Kier alpha value is -1.39. The van der Waals surface area contributed by atoms with Gasteiger partial charge in [0.15, 0.2) is 0 Å². The lowest BCUT2D eigenvalue weighted by Crippen LogP contribution is -2.38. The van der Waals surface area contributed by atoms with E-state index in [0.29, 0.717) is 19.4 Å². The number of hydrogen-bond acceptors (Lipinski definition) is 3. The lowest BCUT2D eigenvalue weighted by Gasteiger charge is -2.15. The second kappa shape index (κ2) is 8.66. The molecule has 1 unspecified atom stereocenters. The molecule has 18 heavy (non-hydrogen) atoms. The molecule has 0 bridgehead atoms. The number of nitrogens with one attached hydrogen (secondary N) is 1. The van der Waals surface area contributed by atoms with Gasteiger partial charge < -0.3 is 15.2 Å². The average Bonchev–Trinajstić information content (AvgIpc) is 2.42. The van der Waals surface area contributed by atoms with E-state index >= 15 is 0 Å². The van der Waals surface area contributed by atoms with Crippen LogP contribution in [0.2, 0.25) is 0 Å². The van der Waals surface area contributed by atoms with Crippen LogP contribution in [0.25, 0.3) is 0 Å². The normalized spacial score (nSPS) is 12.1. The van der Waals surface area contributed by atoms with Crippen molar-refractivity contribution in [3.8, 4) is 0 Å². The molecule has 1 amide bonds. The molecule has 0 saturated carbocycles. The third kappa shape index (κ3) is 5.80. The standard InChI is InChI=1S/C14H21NO3/c1-18-10-9-13(11-16)15-14(17)8-7-12-5-3-2-4-6-12/h2-6,13,16H,7-11H2,1H3,(H,15,17). The Labute approximate surface area is 108 Å². The monoisotopic (exact) mass is 251 g/mol. The number of rotatable bonds is 8. The summed E-state index contributed by atoms with van der Waals surface area (Å²) in [6.07, 6.45) is 1.78. The Kier molecular flexibility index (Phi) is 7.06. The summed E-state index contributed by atoms with van der Waals surface area (Å²) in [4.78, 5) is 11.7. The predicted molar refractivity (Wildman–Crippen MR) is 70.3 cm³/mol. The zero-order valence-electron chi connectivity index (χ0n) is 10.8. The number of carbonyl (C=O) groups excluding carboxylic acids is 1. The molecule has 4 nitrogen and oxygen atoms in total. The highest BCUT2D eigenvalue weighted by Gasteiger charge is 2.10. The Bertz CT molecular complexity index is 340. The molecule has 1 rings (SSSR count). The molecule has 4 heteroatoms. The summed E-state index contributed by atoms with van der Waals surface area (Å²) in [7, 11) is 1.60.